The van der Waals surface area contributed by atoms with Gasteiger partial charge in [0.2, 0.25) is 0 Å². The van der Waals surface area contributed by atoms with E-state index < -0.39 is 0 Å². The number of hydrogen-bond donors (Lipinski definition) is 0. The van der Waals surface area contributed by atoms with Crippen LogP contribution < -0.4 is 0 Å². The highest BCUT2D eigenvalue weighted by Crippen LogP contribution is 2.95. The van der Waals surface area contributed by atoms with Crippen LogP contribution in [0.15, 0.2) is 30.3 Å². The molecule has 0 aromatic heterocycles. The van der Waals surface area contributed by atoms with Gasteiger partial charge in [-0.25, -0.2) is 0 Å². The van der Waals surface area contributed by atoms with Crippen LogP contribution in [0.2, 0.25) is 0 Å². The topological polar surface area (TPSA) is 0 Å². The van der Waals surface area contributed by atoms with Crippen LogP contribution in [-0.2, 0) is 5.41 Å². The lowest BCUT2D eigenvalue weighted by Crippen LogP contribution is -2.47. The number of alkyl halides is 1. The summed E-state index contributed by atoms with van der Waals surface area (Å²) in [7, 11) is 0. The average molecular weight is 244 g/mol. The van der Waals surface area contributed by atoms with Crippen LogP contribution in [0, 0.1) is 22.7 Å². The molecule has 0 spiro atoms. The zero-order valence-electron chi connectivity index (χ0n) is 11.2. The summed E-state index contributed by atoms with van der Waals surface area (Å²) in [6, 6.07) is 10.8. The van der Waals surface area contributed by atoms with Crippen molar-refractivity contribution in [1.29, 1.82) is 0 Å². The summed E-state index contributed by atoms with van der Waals surface area (Å²) < 4.78 is 13.9. The van der Waals surface area contributed by atoms with Crippen LogP contribution >= 0.6 is 0 Å². The second-order valence-electron chi connectivity index (χ2n) is 7.05. The molecular formula is C17H21F. The Bertz CT molecular complexity index is 492. The summed E-state index contributed by atoms with van der Waals surface area (Å²) in [5.74, 6) is 1.39. The normalized spacial score (nSPS) is 47.1. The van der Waals surface area contributed by atoms with Crippen molar-refractivity contribution in [3.8, 4) is 0 Å². The van der Waals surface area contributed by atoms with Gasteiger partial charge in [0, 0.05) is 10.8 Å². The molecule has 0 N–H and O–H groups in total. The molecule has 4 rings (SSSR count). The third-order valence-corrected chi connectivity index (χ3v) is 6.89. The lowest BCUT2D eigenvalue weighted by Gasteiger charge is -2.47. The van der Waals surface area contributed by atoms with Crippen LogP contribution in [0.5, 0.6) is 0 Å². The van der Waals surface area contributed by atoms with E-state index in [0.29, 0.717) is 5.92 Å². The molecule has 96 valence electrons. The van der Waals surface area contributed by atoms with E-state index >= 15 is 0 Å². The zero-order valence-corrected chi connectivity index (χ0v) is 11.2. The van der Waals surface area contributed by atoms with Gasteiger partial charge >= 0.3 is 0 Å². The first-order valence-electron chi connectivity index (χ1n) is 7.26. The predicted molar refractivity (Wildman–Crippen MR) is 71.1 cm³/mol. The smallest absolute Gasteiger partial charge is 0.0967 e. The van der Waals surface area contributed by atoms with Gasteiger partial charge in [0.15, 0.2) is 0 Å². The third-order valence-electron chi connectivity index (χ3n) is 6.89. The molecule has 3 aliphatic rings. The highest BCUT2D eigenvalue weighted by molar-refractivity contribution is 5.54. The van der Waals surface area contributed by atoms with Gasteiger partial charge < -0.3 is 0 Å². The largest absolute Gasteiger partial charge is 0.250 e. The van der Waals surface area contributed by atoms with Gasteiger partial charge in [-0.05, 0) is 35.7 Å². The molecule has 0 saturated heterocycles. The first-order valence-corrected chi connectivity index (χ1v) is 7.26. The van der Waals surface area contributed by atoms with Crippen LogP contribution in [0.4, 0.5) is 4.39 Å². The van der Waals surface area contributed by atoms with E-state index in [4.69, 9.17) is 0 Å². The van der Waals surface area contributed by atoms with Crippen molar-refractivity contribution in [2.24, 2.45) is 22.7 Å². The standard InChI is InChI=1S/C17H21F/c1-15(2)16(11-18)13-9-6-10-14(13)17(15,16)12-7-4-3-5-8-12/h3-5,7-8,13-14H,6,9-11H2,1-2H3/t13-,14+,16-,17+/m1/s1. The van der Waals surface area contributed by atoms with E-state index in [9.17, 15) is 4.39 Å². The van der Waals surface area contributed by atoms with Gasteiger partial charge in [0.25, 0.3) is 0 Å². The van der Waals surface area contributed by atoms with E-state index in [2.05, 4.69) is 44.2 Å². The van der Waals surface area contributed by atoms with Crippen molar-refractivity contribution in [1.82, 2.24) is 0 Å². The minimum absolute atomic E-state index is 0.0392. The second-order valence-corrected chi connectivity index (χ2v) is 7.05. The van der Waals surface area contributed by atoms with Gasteiger partial charge in [-0.2, -0.15) is 0 Å². The minimum atomic E-state index is -0.129. The van der Waals surface area contributed by atoms with E-state index in [1.165, 1.54) is 24.8 Å². The Kier molecular flexibility index (Phi) is 1.84. The van der Waals surface area contributed by atoms with Gasteiger partial charge in [0.05, 0.1) is 6.67 Å². The van der Waals surface area contributed by atoms with E-state index in [1.807, 2.05) is 0 Å². The lowest BCUT2D eigenvalue weighted by atomic mass is 9.56. The SMILES string of the molecule is CC1(C)[C@]2(c3ccccc3)[C@H]3CCC[C@H]3[C@]12CF. The third kappa shape index (κ3) is 0.761. The Morgan fingerprint density at radius 3 is 2.44 bits per heavy atom. The molecule has 1 aromatic rings. The van der Waals surface area contributed by atoms with Crippen molar-refractivity contribution >= 4 is 0 Å². The van der Waals surface area contributed by atoms with Crippen molar-refractivity contribution < 1.29 is 4.39 Å². The monoisotopic (exact) mass is 244 g/mol. The fourth-order valence-electron chi connectivity index (χ4n) is 6.46. The second kappa shape index (κ2) is 3.00. The molecular weight excluding hydrogens is 223 g/mol. The van der Waals surface area contributed by atoms with Crippen molar-refractivity contribution in [2.45, 2.75) is 38.5 Å². The fraction of sp³-hybridized carbons (Fsp3) is 0.647. The van der Waals surface area contributed by atoms with Crippen molar-refractivity contribution in [3.05, 3.63) is 35.9 Å². The molecule has 0 heterocycles. The van der Waals surface area contributed by atoms with E-state index in [-0.39, 0.29) is 22.9 Å². The lowest BCUT2D eigenvalue weighted by molar-refractivity contribution is 0.0338. The maximum Gasteiger partial charge on any atom is 0.0967 e. The highest BCUT2D eigenvalue weighted by atomic mass is 19.1. The molecule has 3 aliphatic carbocycles. The Morgan fingerprint density at radius 2 is 1.78 bits per heavy atom. The van der Waals surface area contributed by atoms with Gasteiger partial charge in [-0.1, -0.05) is 50.6 Å². The quantitative estimate of drug-likeness (QED) is 0.725. The number of benzene rings is 1. The number of rotatable bonds is 2. The molecule has 0 radical (unpaired) electrons. The summed E-state index contributed by atoms with van der Waals surface area (Å²) in [5.41, 5.74) is 1.65. The zero-order chi connectivity index (χ0) is 12.6. The average Bonchev–Trinajstić information content (AvgIpc) is 2.66. The number of halogens is 1. The molecule has 1 heteroatoms. The summed E-state index contributed by atoms with van der Waals surface area (Å²) >= 11 is 0. The fourth-order valence-corrected chi connectivity index (χ4v) is 6.46. The molecule has 0 aliphatic heterocycles. The highest BCUT2D eigenvalue weighted by Gasteiger charge is 2.95. The first kappa shape index (κ1) is 11.0. The molecule has 0 unspecified atom stereocenters. The maximum absolute atomic E-state index is 13.9. The van der Waals surface area contributed by atoms with Crippen LogP contribution in [0.25, 0.3) is 0 Å². The molecule has 3 saturated carbocycles. The van der Waals surface area contributed by atoms with Crippen molar-refractivity contribution in [2.75, 3.05) is 6.67 Å². The Labute approximate surface area is 109 Å². The van der Waals surface area contributed by atoms with Gasteiger partial charge in [-0.3, -0.25) is 4.39 Å². The van der Waals surface area contributed by atoms with E-state index in [0.717, 1.165) is 5.92 Å². The van der Waals surface area contributed by atoms with Crippen LogP contribution in [0.1, 0.15) is 38.7 Å². The molecule has 4 atom stereocenters. The van der Waals surface area contributed by atoms with Gasteiger partial charge in [0.1, 0.15) is 0 Å². The molecule has 3 fully saturated rings. The Morgan fingerprint density at radius 1 is 1.11 bits per heavy atom. The predicted octanol–water partition coefficient (Wildman–Crippen LogP) is 4.35. The molecule has 0 bridgehead atoms. The molecule has 18 heavy (non-hydrogen) atoms. The summed E-state index contributed by atoms with van der Waals surface area (Å²) in [6.45, 7) is 4.48. The summed E-state index contributed by atoms with van der Waals surface area (Å²) in [5, 5.41) is 0. The summed E-state index contributed by atoms with van der Waals surface area (Å²) in [6.07, 6.45) is 3.87. The van der Waals surface area contributed by atoms with E-state index in [1.54, 1.807) is 0 Å². The molecule has 0 nitrogen and oxygen atoms in total. The van der Waals surface area contributed by atoms with Gasteiger partial charge in [-0.15, -0.1) is 0 Å². The van der Waals surface area contributed by atoms with Crippen LogP contribution in [-0.4, -0.2) is 6.67 Å². The molecule has 1 aromatic carbocycles. The number of hydrogen-bond acceptors (Lipinski definition) is 0. The summed E-state index contributed by atoms with van der Waals surface area (Å²) in [4.78, 5) is 0. The maximum atomic E-state index is 13.9. The minimum Gasteiger partial charge on any atom is -0.250 e. The first-order chi connectivity index (χ1) is 8.64. The number of fused-ring (bicyclic) bond motifs is 4. The Hall–Kier alpha value is -0.850. The van der Waals surface area contributed by atoms with Crippen LogP contribution in [0.3, 0.4) is 0 Å². The molecule has 0 amide bonds. The van der Waals surface area contributed by atoms with Crippen molar-refractivity contribution in [3.63, 3.8) is 0 Å². The Balaban J connectivity index is 1.90.